The Kier molecular flexibility index (Phi) is 10.2. The van der Waals surface area contributed by atoms with Crippen LogP contribution in [0.2, 0.25) is 0 Å². The van der Waals surface area contributed by atoms with Gasteiger partial charge in [0.15, 0.2) is 5.96 Å². The highest BCUT2D eigenvalue weighted by atomic mass is 127. The van der Waals surface area contributed by atoms with Crippen molar-refractivity contribution in [3.63, 3.8) is 0 Å². The van der Waals surface area contributed by atoms with Crippen LogP contribution in [-0.2, 0) is 13.2 Å². The summed E-state index contributed by atoms with van der Waals surface area (Å²) in [6.45, 7) is 3.83. The van der Waals surface area contributed by atoms with Gasteiger partial charge >= 0.3 is 0 Å². The summed E-state index contributed by atoms with van der Waals surface area (Å²) >= 11 is 0. The van der Waals surface area contributed by atoms with Crippen LogP contribution >= 0.6 is 24.0 Å². The fourth-order valence-electron chi connectivity index (χ4n) is 3.30. The first-order valence-corrected chi connectivity index (χ1v) is 10.1. The van der Waals surface area contributed by atoms with E-state index in [1.54, 1.807) is 6.20 Å². The molecule has 2 aromatic rings. The molecule has 1 aliphatic rings. The predicted molar refractivity (Wildman–Crippen MR) is 127 cm³/mol. The van der Waals surface area contributed by atoms with Crippen LogP contribution < -0.4 is 15.4 Å². The van der Waals surface area contributed by atoms with E-state index < -0.39 is 0 Å². The summed E-state index contributed by atoms with van der Waals surface area (Å²) in [7, 11) is 0. The molecule has 1 aromatic heterocycles. The zero-order valence-corrected chi connectivity index (χ0v) is 19.2. The van der Waals surface area contributed by atoms with E-state index in [1.165, 1.54) is 0 Å². The second kappa shape index (κ2) is 12.6. The zero-order valence-electron chi connectivity index (χ0n) is 16.9. The molecule has 7 heteroatoms. The number of nitrogens with zero attached hydrogens (tertiary/aromatic N) is 2. The van der Waals surface area contributed by atoms with Crippen LogP contribution in [0, 0.1) is 0 Å². The summed E-state index contributed by atoms with van der Waals surface area (Å²) in [4.78, 5) is 9.11. The summed E-state index contributed by atoms with van der Waals surface area (Å²) in [5.74, 6) is 1.41. The first kappa shape index (κ1) is 23.4. The van der Waals surface area contributed by atoms with Gasteiger partial charge in [0, 0.05) is 24.3 Å². The fourth-order valence-corrected chi connectivity index (χ4v) is 3.30. The van der Waals surface area contributed by atoms with Gasteiger partial charge in [0.25, 0.3) is 0 Å². The minimum atomic E-state index is -0.155. The molecule has 0 unspecified atom stereocenters. The van der Waals surface area contributed by atoms with E-state index in [9.17, 15) is 5.11 Å². The molecule has 0 aliphatic heterocycles. The maximum absolute atomic E-state index is 9.69. The predicted octanol–water partition coefficient (Wildman–Crippen LogP) is 3.64. The fraction of sp³-hybridized carbons (Fsp3) is 0.455. The normalized spacial score (nSPS) is 19.2. The van der Waals surface area contributed by atoms with Crippen molar-refractivity contribution in [1.29, 1.82) is 0 Å². The van der Waals surface area contributed by atoms with Gasteiger partial charge in [0.05, 0.1) is 12.6 Å². The Bertz CT molecular complexity index is 749. The summed E-state index contributed by atoms with van der Waals surface area (Å²) in [6, 6.07) is 14.3. The third-order valence-corrected chi connectivity index (χ3v) is 4.86. The van der Waals surface area contributed by atoms with Gasteiger partial charge in [-0.1, -0.05) is 36.4 Å². The van der Waals surface area contributed by atoms with Crippen LogP contribution in [0.1, 0.15) is 43.7 Å². The van der Waals surface area contributed by atoms with Gasteiger partial charge < -0.3 is 20.5 Å². The van der Waals surface area contributed by atoms with Gasteiger partial charge in [-0.15, -0.1) is 24.0 Å². The minimum Gasteiger partial charge on any atom is -0.473 e. The minimum absolute atomic E-state index is 0. The smallest absolute Gasteiger partial charge is 0.218 e. The highest BCUT2D eigenvalue weighted by molar-refractivity contribution is 14.0. The van der Waals surface area contributed by atoms with Crippen molar-refractivity contribution in [2.24, 2.45) is 4.99 Å². The number of benzene rings is 1. The Morgan fingerprint density at radius 3 is 2.62 bits per heavy atom. The molecule has 29 heavy (non-hydrogen) atoms. The molecule has 1 aromatic carbocycles. The molecule has 1 saturated carbocycles. The molecule has 0 amide bonds. The average molecular weight is 510 g/mol. The van der Waals surface area contributed by atoms with E-state index in [0.717, 1.165) is 49.3 Å². The van der Waals surface area contributed by atoms with E-state index >= 15 is 0 Å². The Labute approximate surface area is 190 Å². The van der Waals surface area contributed by atoms with Crippen molar-refractivity contribution in [3.05, 3.63) is 59.8 Å². The Morgan fingerprint density at radius 1 is 1.14 bits per heavy atom. The van der Waals surface area contributed by atoms with Crippen LogP contribution in [0.5, 0.6) is 5.88 Å². The maximum atomic E-state index is 9.69. The van der Waals surface area contributed by atoms with Crippen LogP contribution in [-0.4, -0.2) is 34.7 Å². The van der Waals surface area contributed by atoms with Crippen LogP contribution in [0.3, 0.4) is 0 Å². The second-order valence-corrected chi connectivity index (χ2v) is 7.09. The summed E-state index contributed by atoms with van der Waals surface area (Å²) < 4.78 is 5.93. The largest absolute Gasteiger partial charge is 0.473 e. The Morgan fingerprint density at radius 2 is 1.90 bits per heavy atom. The third kappa shape index (κ3) is 7.81. The number of pyridine rings is 1. The Balaban J connectivity index is 0.00000300. The quantitative estimate of drug-likeness (QED) is 0.301. The SMILES string of the molecule is CCNC(=NCc1cccnc1OCc1ccccc1)NC1CCC(O)CC1.I. The van der Waals surface area contributed by atoms with Gasteiger partial charge in [-0.25, -0.2) is 9.98 Å². The highest BCUT2D eigenvalue weighted by Gasteiger charge is 2.20. The molecule has 6 nitrogen and oxygen atoms in total. The monoisotopic (exact) mass is 510 g/mol. The van der Waals surface area contributed by atoms with E-state index in [-0.39, 0.29) is 30.1 Å². The summed E-state index contributed by atoms with van der Waals surface area (Å²) in [5, 5.41) is 16.5. The average Bonchev–Trinajstić information content (AvgIpc) is 2.73. The van der Waals surface area contributed by atoms with Crippen molar-refractivity contribution >= 4 is 29.9 Å². The number of aliphatic hydroxyl groups excluding tert-OH is 1. The second-order valence-electron chi connectivity index (χ2n) is 7.09. The van der Waals surface area contributed by atoms with E-state index in [2.05, 4.69) is 22.5 Å². The molecule has 0 radical (unpaired) electrons. The van der Waals surface area contributed by atoms with Gasteiger partial charge in [-0.2, -0.15) is 0 Å². The number of aromatic nitrogens is 1. The van der Waals surface area contributed by atoms with E-state index in [0.29, 0.717) is 25.1 Å². The maximum Gasteiger partial charge on any atom is 0.218 e. The molecule has 1 heterocycles. The van der Waals surface area contributed by atoms with Crippen molar-refractivity contribution in [2.45, 2.75) is 57.9 Å². The first-order valence-electron chi connectivity index (χ1n) is 10.1. The molecule has 158 valence electrons. The summed E-state index contributed by atoms with van der Waals surface area (Å²) in [5.41, 5.74) is 2.06. The molecule has 0 saturated heterocycles. The van der Waals surface area contributed by atoms with Gasteiger partial charge in [-0.05, 0) is 44.2 Å². The lowest BCUT2D eigenvalue weighted by Gasteiger charge is -2.27. The van der Waals surface area contributed by atoms with Gasteiger partial charge in [-0.3, -0.25) is 0 Å². The number of rotatable bonds is 7. The lowest BCUT2D eigenvalue weighted by Crippen LogP contribution is -2.45. The highest BCUT2D eigenvalue weighted by Crippen LogP contribution is 2.19. The summed E-state index contributed by atoms with van der Waals surface area (Å²) in [6.07, 6.45) is 5.20. The number of aliphatic hydroxyl groups is 1. The molecule has 1 aliphatic carbocycles. The van der Waals surface area contributed by atoms with E-state index in [1.807, 2.05) is 42.5 Å². The topological polar surface area (TPSA) is 78.8 Å². The van der Waals surface area contributed by atoms with Crippen molar-refractivity contribution in [1.82, 2.24) is 15.6 Å². The van der Waals surface area contributed by atoms with Crippen molar-refractivity contribution in [2.75, 3.05) is 6.54 Å². The van der Waals surface area contributed by atoms with Crippen molar-refractivity contribution < 1.29 is 9.84 Å². The number of ether oxygens (including phenoxy) is 1. The van der Waals surface area contributed by atoms with Crippen LogP contribution in [0.25, 0.3) is 0 Å². The van der Waals surface area contributed by atoms with Crippen LogP contribution in [0.15, 0.2) is 53.7 Å². The molecule has 3 N–H and O–H groups in total. The number of hydrogen-bond donors (Lipinski definition) is 3. The Hall–Kier alpha value is -1.87. The lowest BCUT2D eigenvalue weighted by atomic mass is 9.93. The molecule has 0 spiro atoms. The van der Waals surface area contributed by atoms with E-state index in [4.69, 9.17) is 9.73 Å². The zero-order chi connectivity index (χ0) is 19.6. The van der Waals surface area contributed by atoms with Crippen molar-refractivity contribution in [3.8, 4) is 5.88 Å². The molecule has 0 bridgehead atoms. The molecule has 0 atom stereocenters. The molecule has 1 fully saturated rings. The molecular formula is C22H31IN4O2. The number of aliphatic imine (C=N–C) groups is 1. The first-order chi connectivity index (χ1) is 13.7. The number of guanidine groups is 1. The van der Waals surface area contributed by atoms with Gasteiger partial charge in [0.2, 0.25) is 5.88 Å². The standard InChI is InChI=1S/C22H30N4O2.HI/c1-2-23-22(26-19-10-12-20(27)13-11-19)25-15-18-9-6-14-24-21(18)28-16-17-7-4-3-5-8-17;/h3-9,14,19-20,27H,2,10-13,15-16H2,1H3,(H2,23,25,26);1H. The molecular weight excluding hydrogens is 479 g/mol. The number of hydrogen-bond acceptors (Lipinski definition) is 4. The van der Waals surface area contributed by atoms with Gasteiger partial charge in [0.1, 0.15) is 6.61 Å². The number of nitrogens with one attached hydrogen (secondary N) is 2. The number of halogens is 1. The molecule has 3 rings (SSSR count). The lowest BCUT2D eigenvalue weighted by molar-refractivity contribution is 0.120. The van der Waals surface area contributed by atoms with Crippen LogP contribution in [0.4, 0.5) is 0 Å². The third-order valence-electron chi connectivity index (χ3n) is 4.86.